The number of nitrogens with zero attached hydrogens (tertiary/aromatic N) is 3. The van der Waals surface area contributed by atoms with E-state index >= 15 is 0 Å². The minimum atomic E-state index is -0.217. The Labute approximate surface area is 154 Å². The summed E-state index contributed by atoms with van der Waals surface area (Å²) in [5.74, 6) is 1.54. The second-order valence-electron chi connectivity index (χ2n) is 6.69. The van der Waals surface area contributed by atoms with Crippen molar-refractivity contribution in [1.29, 1.82) is 0 Å². The van der Waals surface area contributed by atoms with Gasteiger partial charge in [0.05, 0.1) is 12.3 Å². The van der Waals surface area contributed by atoms with Crippen molar-refractivity contribution in [2.75, 3.05) is 33.7 Å². The molecular formula is C20H27FN4O. The van der Waals surface area contributed by atoms with Gasteiger partial charge in [-0.05, 0) is 55.8 Å². The molecular weight excluding hydrogens is 331 g/mol. The molecule has 6 heteroatoms. The molecule has 1 aromatic carbocycles. The Morgan fingerprint density at radius 3 is 2.77 bits per heavy atom. The number of hydrogen-bond acceptors (Lipinski definition) is 3. The van der Waals surface area contributed by atoms with Gasteiger partial charge in [-0.2, -0.15) is 0 Å². The molecule has 1 N–H and O–H groups in total. The van der Waals surface area contributed by atoms with E-state index in [1.807, 2.05) is 30.1 Å². The Balaban J connectivity index is 1.63. The minimum Gasteiger partial charge on any atom is -0.468 e. The first-order valence-electron chi connectivity index (χ1n) is 9.11. The standard InChI is InChI=1S/C20H27FN4O/c1-22-20(24(2)15-16-7-5-8-17(21)13-16)23-14-18(19-9-6-12-26-19)25-10-3-4-11-25/h5-9,12-13,18H,3-4,10-11,14-15H2,1-2H3,(H,22,23). The van der Waals surface area contributed by atoms with E-state index in [0.717, 1.165) is 30.4 Å². The van der Waals surface area contributed by atoms with E-state index in [1.54, 1.807) is 25.4 Å². The Hall–Kier alpha value is -2.34. The molecule has 140 valence electrons. The molecule has 1 aromatic heterocycles. The van der Waals surface area contributed by atoms with Gasteiger partial charge in [0.1, 0.15) is 11.6 Å². The average molecular weight is 358 g/mol. The van der Waals surface area contributed by atoms with Crippen LogP contribution in [0.1, 0.15) is 30.2 Å². The molecule has 2 aromatic rings. The summed E-state index contributed by atoms with van der Waals surface area (Å²) >= 11 is 0. The molecule has 3 rings (SSSR count). The number of hydrogen-bond donors (Lipinski definition) is 1. The number of nitrogens with one attached hydrogen (secondary N) is 1. The number of aliphatic imine (C=N–C) groups is 1. The van der Waals surface area contributed by atoms with Crippen molar-refractivity contribution in [1.82, 2.24) is 15.1 Å². The van der Waals surface area contributed by atoms with Gasteiger partial charge in [-0.15, -0.1) is 0 Å². The Bertz CT molecular complexity index is 710. The molecule has 0 radical (unpaired) electrons. The van der Waals surface area contributed by atoms with Crippen LogP contribution in [0.5, 0.6) is 0 Å². The number of guanidine groups is 1. The smallest absolute Gasteiger partial charge is 0.193 e. The second kappa shape index (κ2) is 8.85. The lowest BCUT2D eigenvalue weighted by Gasteiger charge is -2.29. The van der Waals surface area contributed by atoms with Crippen molar-refractivity contribution in [3.8, 4) is 0 Å². The minimum absolute atomic E-state index is 0.187. The highest BCUT2D eigenvalue weighted by atomic mass is 19.1. The zero-order chi connectivity index (χ0) is 18.4. The number of benzene rings is 1. The van der Waals surface area contributed by atoms with E-state index in [2.05, 4.69) is 15.2 Å². The highest BCUT2D eigenvalue weighted by Gasteiger charge is 2.26. The zero-order valence-corrected chi connectivity index (χ0v) is 15.5. The van der Waals surface area contributed by atoms with Crippen LogP contribution < -0.4 is 5.32 Å². The predicted molar refractivity (Wildman–Crippen MR) is 101 cm³/mol. The quantitative estimate of drug-likeness (QED) is 0.636. The molecule has 0 saturated carbocycles. The molecule has 1 unspecified atom stereocenters. The average Bonchev–Trinajstić information content (AvgIpc) is 3.33. The van der Waals surface area contributed by atoms with Crippen LogP contribution in [0.4, 0.5) is 4.39 Å². The predicted octanol–water partition coefficient (Wildman–Crippen LogP) is 3.26. The third-order valence-electron chi connectivity index (χ3n) is 4.79. The fourth-order valence-electron chi connectivity index (χ4n) is 3.50. The third kappa shape index (κ3) is 4.64. The van der Waals surface area contributed by atoms with Crippen LogP contribution in [0.3, 0.4) is 0 Å². The second-order valence-corrected chi connectivity index (χ2v) is 6.69. The molecule has 5 nitrogen and oxygen atoms in total. The largest absolute Gasteiger partial charge is 0.468 e. The van der Waals surface area contributed by atoms with Gasteiger partial charge in [0.25, 0.3) is 0 Å². The molecule has 1 aliphatic rings. The van der Waals surface area contributed by atoms with Crippen LogP contribution in [0.15, 0.2) is 52.1 Å². The first kappa shape index (κ1) is 18.5. The van der Waals surface area contributed by atoms with Crippen molar-refractivity contribution in [2.24, 2.45) is 4.99 Å². The molecule has 2 heterocycles. The van der Waals surface area contributed by atoms with Crippen LogP contribution in [-0.4, -0.2) is 49.5 Å². The van der Waals surface area contributed by atoms with Crippen molar-refractivity contribution >= 4 is 5.96 Å². The molecule has 1 aliphatic heterocycles. The van der Waals surface area contributed by atoms with Gasteiger partial charge in [-0.3, -0.25) is 9.89 Å². The van der Waals surface area contributed by atoms with Gasteiger partial charge < -0.3 is 14.6 Å². The maximum absolute atomic E-state index is 13.4. The molecule has 0 spiro atoms. The topological polar surface area (TPSA) is 44.0 Å². The highest BCUT2D eigenvalue weighted by molar-refractivity contribution is 5.79. The van der Waals surface area contributed by atoms with Crippen LogP contribution in [0.25, 0.3) is 0 Å². The fourth-order valence-corrected chi connectivity index (χ4v) is 3.50. The summed E-state index contributed by atoms with van der Waals surface area (Å²) in [7, 11) is 3.72. The van der Waals surface area contributed by atoms with Crippen molar-refractivity contribution in [2.45, 2.75) is 25.4 Å². The van der Waals surface area contributed by atoms with Gasteiger partial charge in [0.2, 0.25) is 0 Å². The van der Waals surface area contributed by atoms with E-state index in [9.17, 15) is 4.39 Å². The molecule has 1 atom stereocenters. The lowest BCUT2D eigenvalue weighted by molar-refractivity contribution is 0.214. The van der Waals surface area contributed by atoms with Crippen molar-refractivity contribution < 1.29 is 8.81 Å². The summed E-state index contributed by atoms with van der Waals surface area (Å²) in [6.07, 6.45) is 4.18. The van der Waals surface area contributed by atoms with Crippen LogP contribution in [0.2, 0.25) is 0 Å². The van der Waals surface area contributed by atoms with Gasteiger partial charge in [0.15, 0.2) is 5.96 Å². The summed E-state index contributed by atoms with van der Waals surface area (Å²) in [4.78, 5) is 8.82. The van der Waals surface area contributed by atoms with Gasteiger partial charge in [0, 0.05) is 27.2 Å². The van der Waals surface area contributed by atoms with Gasteiger partial charge in [-0.25, -0.2) is 4.39 Å². The number of likely N-dealkylation sites (tertiary alicyclic amines) is 1. The van der Waals surface area contributed by atoms with Crippen LogP contribution in [0, 0.1) is 5.82 Å². The molecule has 1 saturated heterocycles. The number of halogens is 1. The van der Waals surface area contributed by atoms with E-state index < -0.39 is 0 Å². The number of furan rings is 1. The SMILES string of the molecule is CN=C(NCC(c1ccco1)N1CCCC1)N(C)Cc1cccc(F)c1. The summed E-state index contributed by atoms with van der Waals surface area (Å²) in [6.45, 7) is 3.48. The monoisotopic (exact) mass is 358 g/mol. The summed E-state index contributed by atoms with van der Waals surface area (Å²) in [5, 5.41) is 3.45. The molecule has 0 amide bonds. The Morgan fingerprint density at radius 2 is 2.12 bits per heavy atom. The molecule has 0 bridgehead atoms. The molecule has 1 fully saturated rings. The van der Waals surface area contributed by atoms with E-state index in [1.165, 1.54) is 18.9 Å². The summed E-state index contributed by atoms with van der Waals surface area (Å²) in [5.41, 5.74) is 0.914. The van der Waals surface area contributed by atoms with Crippen molar-refractivity contribution in [3.63, 3.8) is 0 Å². The maximum Gasteiger partial charge on any atom is 0.193 e. The highest BCUT2D eigenvalue weighted by Crippen LogP contribution is 2.24. The van der Waals surface area contributed by atoms with Crippen LogP contribution >= 0.6 is 0 Å². The number of rotatable bonds is 6. The Kier molecular flexibility index (Phi) is 6.28. The van der Waals surface area contributed by atoms with Gasteiger partial charge in [-0.1, -0.05) is 12.1 Å². The molecule has 26 heavy (non-hydrogen) atoms. The fraction of sp³-hybridized carbons (Fsp3) is 0.450. The first-order valence-corrected chi connectivity index (χ1v) is 9.11. The Morgan fingerprint density at radius 1 is 1.31 bits per heavy atom. The van der Waals surface area contributed by atoms with Gasteiger partial charge >= 0.3 is 0 Å². The lowest BCUT2D eigenvalue weighted by atomic mass is 10.2. The van der Waals surface area contributed by atoms with E-state index in [-0.39, 0.29) is 11.9 Å². The normalized spacial score (nSPS) is 16.7. The summed E-state index contributed by atoms with van der Waals surface area (Å²) in [6, 6.07) is 10.8. The van der Waals surface area contributed by atoms with E-state index in [4.69, 9.17) is 4.42 Å². The lowest BCUT2D eigenvalue weighted by Crippen LogP contribution is -2.43. The zero-order valence-electron chi connectivity index (χ0n) is 15.5. The van der Waals surface area contributed by atoms with Crippen molar-refractivity contribution in [3.05, 3.63) is 59.8 Å². The third-order valence-corrected chi connectivity index (χ3v) is 4.79. The van der Waals surface area contributed by atoms with Crippen LogP contribution in [-0.2, 0) is 6.54 Å². The van der Waals surface area contributed by atoms with E-state index in [0.29, 0.717) is 13.1 Å². The summed E-state index contributed by atoms with van der Waals surface area (Å²) < 4.78 is 19.1. The maximum atomic E-state index is 13.4. The first-order chi connectivity index (χ1) is 12.7. The molecule has 0 aliphatic carbocycles.